The highest BCUT2D eigenvalue weighted by atomic mass is 79.9. The Bertz CT molecular complexity index is 401. The summed E-state index contributed by atoms with van der Waals surface area (Å²) < 4.78 is 33.5. The summed E-state index contributed by atoms with van der Waals surface area (Å²) in [5.74, 6) is -0.597. The van der Waals surface area contributed by atoms with E-state index in [-0.39, 0.29) is 0 Å². The molecule has 0 bridgehead atoms. The van der Waals surface area contributed by atoms with Crippen LogP contribution in [0.25, 0.3) is 0 Å². The SMILES string of the molecule is O=S(=O)(F)c1cc(Br)ccc1O. The van der Waals surface area contributed by atoms with E-state index < -0.39 is 20.9 Å². The maximum absolute atomic E-state index is 12.4. The lowest BCUT2D eigenvalue weighted by molar-refractivity contribution is 0.455. The molecule has 0 saturated heterocycles. The summed E-state index contributed by atoms with van der Waals surface area (Å²) in [5, 5.41) is 8.93. The van der Waals surface area contributed by atoms with Gasteiger partial charge < -0.3 is 5.11 Å². The molecule has 1 rings (SSSR count). The second kappa shape index (κ2) is 3.02. The van der Waals surface area contributed by atoms with Crippen molar-refractivity contribution in [3.05, 3.63) is 22.7 Å². The van der Waals surface area contributed by atoms with E-state index in [0.29, 0.717) is 4.47 Å². The molecule has 0 saturated carbocycles. The molecule has 0 aliphatic carbocycles. The molecule has 0 amide bonds. The van der Waals surface area contributed by atoms with Crippen LogP contribution in [0, 0.1) is 0 Å². The normalized spacial score (nSPS) is 11.5. The fourth-order valence-corrected chi connectivity index (χ4v) is 1.78. The van der Waals surface area contributed by atoms with Gasteiger partial charge in [-0.25, -0.2) is 0 Å². The summed E-state index contributed by atoms with van der Waals surface area (Å²) in [5.41, 5.74) is 0. The number of halogens is 2. The van der Waals surface area contributed by atoms with Crippen molar-refractivity contribution in [3.8, 4) is 5.75 Å². The lowest BCUT2D eigenvalue weighted by Crippen LogP contribution is -1.91. The van der Waals surface area contributed by atoms with Crippen molar-refractivity contribution in [1.82, 2.24) is 0 Å². The highest BCUT2D eigenvalue weighted by Gasteiger charge is 2.16. The Morgan fingerprint density at radius 1 is 1.42 bits per heavy atom. The first kappa shape index (κ1) is 9.47. The number of benzene rings is 1. The largest absolute Gasteiger partial charge is 0.506 e. The van der Waals surface area contributed by atoms with E-state index in [2.05, 4.69) is 15.9 Å². The van der Waals surface area contributed by atoms with Crippen molar-refractivity contribution in [2.45, 2.75) is 4.90 Å². The molecule has 0 spiro atoms. The van der Waals surface area contributed by atoms with E-state index >= 15 is 0 Å². The maximum atomic E-state index is 12.4. The van der Waals surface area contributed by atoms with Crippen LogP contribution in [0.2, 0.25) is 0 Å². The average molecular weight is 255 g/mol. The van der Waals surface area contributed by atoms with Gasteiger partial charge in [0.1, 0.15) is 10.6 Å². The van der Waals surface area contributed by atoms with Gasteiger partial charge in [0.25, 0.3) is 0 Å². The monoisotopic (exact) mass is 254 g/mol. The lowest BCUT2D eigenvalue weighted by atomic mass is 10.3. The van der Waals surface area contributed by atoms with Crippen LogP contribution in [-0.2, 0) is 10.2 Å². The Balaban J connectivity index is 3.43. The molecule has 0 fully saturated rings. The second-order valence-corrected chi connectivity index (χ2v) is 4.28. The molecule has 1 aromatic rings. The van der Waals surface area contributed by atoms with E-state index in [9.17, 15) is 12.3 Å². The summed E-state index contributed by atoms with van der Waals surface area (Å²) >= 11 is 2.95. The number of rotatable bonds is 1. The average Bonchev–Trinajstić information content (AvgIpc) is 1.92. The van der Waals surface area contributed by atoms with Crippen molar-refractivity contribution in [2.75, 3.05) is 0 Å². The molecule has 1 aromatic carbocycles. The van der Waals surface area contributed by atoms with Gasteiger partial charge in [0.2, 0.25) is 0 Å². The fourth-order valence-electron chi connectivity index (χ4n) is 0.683. The highest BCUT2D eigenvalue weighted by Crippen LogP contribution is 2.27. The van der Waals surface area contributed by atoms with Gasteiger partial charge in [0, 0.05) is 4.47 Å². The molecule has 0 aromatic heterocycles. The number of hydrogen-bond donors (Lipinski definition) is 1. The molecule has 0 aliphatic heterocycles. The minimum Gasteiger partial charge on any atom is -0.506 e. The van der Waals surface area contributed by atoms with Crippen LogP contribution >= 0.6 is 15.9 Å². The second-order valence-electron chi connectivity index (χ2n) is 2.05. The molecule has 0 unspecified atom stereocenters. The molecular weight excluding hydrogens is 251 g/mol. The van der Waals surface area contributed by atoms with Gasteiger partial charge in [-0.3, -0.25) is 0 Å². The van der Waals surface area contributed by atoms with Crippen LogP contribution < -0.4 is 0 Å². The van der Waals surface area contributed by atoms with Gasteiger partial charge in [0.15, 0.2) is 0 Å². The molecule has 0 heterocycles. The quantitative estimate of drug-likeness (QED) is 0.778. The minimum absolute atomic E-state index is 0.386. The first-order valence-electron chi connectivity index (χ1n) is 2.84. The highest BCUT2D eigenvalue weighted by molar-refractivity contribution is 9.10. The predicted octanol–water partition coefficient (Wildman–Crippen LogP) is 1.81. The number of phenolic OH excluding ortho intramolecular Hbond substituents is 1. The van der Waals surface area contributed by atoms with Crippen molar-refractivity contribution < 1.29 is 17.4 Å². The van der Waals surface area contributed by atoms with Crippen LogP contribution in [0.5, 0.6) is 5.75 Å². The molecule has 0 aliphatic rings. The number of phenols is 1. The van der Waals surface area contributed by atoms with E-state index in [1.807, 2.05) is 0 Å². The molecule has 1 N–H and O–H groups in total. The fraction of sp³-hybridized carbons (Fsp3) is 0. The summed E-state index contributed by atoms with van der Waals surface area (Å²) in [4.78, 5) is -0.725. The molecule has 3 nitrogen and oxygen atoms in total. The van der Waals surface area contributed by atoms with E-state index in [4.69, 9.17) is 5.11 Å². The first-order chi connectivity index (χ1) is 5.41. The van der Waals surface area contributed by atoms with Gasteiger partial charge in [-0.2, -0.15) is 8.42 Å². The summed E-state index contributed by atoms with van der Waals surface area (Å²) in [6, 6.07) is 3.49. The Morgan fingerprint density at radius 3 is 2.42 bits per heavy atom. The molecule has 66 valence electrons. The minimum atomic E-state index is -4.84. The van der Waals surface area contributed by atoms with Crippen LogP contribution in [0.4, 0.5) is 3.89 Å². The van der Waals surface area contributed by atoms with E-state index in [1.54, 1.807) is 0 Å². The van der Waals surface area contributed by atoms with Crippen LogP contribution in [0.15, 0.2) is 27.6 Å². The summed E-state index contributed by atoms with van der Waals surface area (Å²) in [6.07, 6.45) is 0. The Morgan fingerprint density at radius 2 is 2.00 bits per heavy atom. The lowest BCUT2D eigenvalue weighted by Gasteiger charge is -1.98. The van der Waals surface area contributed by atoms with E-state index in [1.165, 1.54) is 6.07 Å². The predicted molar refractivity (Wildman–Crippen MR) is 44.1 cm³/mol. The van der Waals surface area contributed by atoms with E-state index in [0.717, 1.165) is 12.1 Å². The standard InChI is InChI=1S/C6H4BrFO3S/c7-4-1-2-5(9)6(3-4)12(8,10)11/h1-3,9H. The molecule has 0 radical (unpaired) electrons. The summed E-state index contributed by atoms with van der Waals surface area (Å²) in [7, 11) is -4.84. The zero-order valence-corrected chi connectivity index (χ0v) is 8.06. The maximum Gasteiger partial charge on any atom is 0.335 e. The third-order valence-electron chi connectivity index (χ3n) is 1.18. The smallest absolute Gasteiger partial charge is 0.335 e. The molecule has 0 atom stereocenters. The van der Waals surface area contributed by atoms with Crippen molar-refractivity contribution in [3.63, 3.8) is 0 Å². The Hall–Kier alpha value is -0.620. The van der Waals surface area contributed by atoms with Crippen LogP contribution in [0.1, 0.15) is 0 Å². The van der Waals surface area contributed by atoms with Crippen molar-refractivity contribution >= 4 is 26.2 Å². The van der Waals surface area contributed by atoms with Gasteiger partial charge in [-0.05, 0) is 18.2 Å². The molecule has 12 heavy (non-hydrogen) atoms. The zero-order valence-electron chi connectivity index (χ0n) is 5.66. The van der Waals surface area contributed by atoms with Crippen LogP contribution in [-0.4, -0.2) is 13.5 Å². The zero-order chi connectivity index (χ0) is 9.35. The number of hydrogen-bond acceptors (Lipinski definition) is 3. The van der Waals surface area contributed by atoms with Crippen LogP contribution in [0.3, 0.4) is 0 Å². The third-order valence-corrected chi connectivity index (χ3v) is 2.53. The van der Waals surface area contributed by atoms with Gasteiger partial charge in [0.05, 0.1) is 0 Å². The number of aromatic hydroxyl groups is 1. The topological polar surface area (TPSA) is 54.4 Å². The van der Waals surface area contributed by atoms with Crippen molar-refractivity contribution in [1.29, 1.82) is 0 Å². The Kier molecular flexibility index (Phi) is 2.39. The summed E-state index contributed by atoms with van der Waals surface area (Å²) in [6.45, 7) is 0. The van der Waals surface area contributed by atoms with Gasteiger partial charge >= 0.3 is 10.2 Å². The molecular formula is C6H4BrFO3S. The van der Waals surface area contributed by atoms with Gasteiger partial charge in [-0.1, -0.05) is 15.9 Å². The van der Waals surface area contributed by atoms with Crippen molar-refractivity contribution in [2.24, 2.45) is 0 Å². The third kappa shape index (κ3) is 1.95. The molecule has 6 heteroatoms. The first-order valence-corrected chi connectivity index (χ1v) is 5.02. The van der Waals surface area contributed by atoms with Gasteiger partial charge in [-0.15, -0.1) is 3.89 Å². The Labute approximate surface area is 77.2 Å².